The Morgan fingerprint density at radius 3 is 1.96 bits per heavy atom. The monoisotopic (exact) mass is 364 g/mol. The number of fused-ring (bicyclic) bond motifs is 5. The average molecular weight is 364 g/mol. The molecule has 1 heterocycles. The van der Waals surface area contributed by atoms with Crippen molar-refractivity contribution in [2.24, 2.45) is 23.7 Å². The number of nitro groups is 1. The van der Waals surface area contributed by atoms with Crippen molar-refractivity contribution in [1.82, 2.24) is 0 Å². The summed E-state index contributed by atoms with van der Waals surface area (Å²) in [6, 6.07) is 5.66. The van der Waals surface area contributed by atoms with Gasteiger partial charge in [0.2, 0.25) is 11.8 Å². The molecule has 4 aliphatic rings. The number of anilines is 1. The number of imide groups is 1. The summed E-state index contributed by atoms with van der Waals surface area (Å²) in [7, 11) is 0. The van der Waals surface area contributed by atoms with E-state index in [1.807, 2.05) is 0 Å². The van der Waals surface area contributed by atoms with Crippen molar-refractivity contribution in [2.45, 2.75) is 32.1 Å². The third-order valence-electron chi connectivity index (χ3n) is 6.60. The molecule has 4 atom stereocenters. The van der Waals surface area contributed by atoms with Crippen LogP contribution >= 0.6 is 0 Å². The minimum Gasteiger partial charge on any atom is -0.274 e. The van der Waals surface area contributed by atoms with Gasteiger partial charge in [-0.15, -0.1) is 0 Å². The van der Waals surface area contributed by atoms with Crippen LogP contribution in [0.5, 0.6) is 0 Å². The topological polar surface area (TPSA) is 80.5 Å². The van der Waals surface area contributed by atoms with Gasteiger partial charge in [0.25, 0.3) is 5.69 Å². The van der Waals surface area contributed by atoms with Crippen LogP contribution in [0.4, 0.5) is 11.4 Å². The zero-order valence-electron chi connectivity index (χ0n) is 14.8. The van der Waals surface area contributed by atoms with Crippen LogP contribution in [0.25, 0.3) is 0 Å². The Bertz CT molecular complexity index is 873. The van der Waals surface area contributed by atoms with E-state index < -0.39 is 4.92 Å². The molecule has 0 unspecified atom stereocenters. The number of benzene rings is 1. The fraction of sp³-hybridized carbons (Fsp3) is 0.429. The standard InChI is InChI=1S/C21H20N2O4/c24-20-18-15-10-11-16(17(15)12-4-2-1-3-5-12)19(18)21(25)22(20)13-6-8-14(9-7-13)23(26)27/h6-11,15-16,18-19H,1-5H2/t15-,16-,18-,19+/m1/s1. The second kappa shape index (κ2) is 5.87. The first-order chi connectivity index (χ1) is 13.1. The van der Waals surface area contributed by atoms with Crippen molar-refractivity contribution in [1.29, 1.82) is 0 Å². The van der Waals surface area contributed by atoms with E-state index in [1.54, 1.807) is 0 Å². The number of carbonyl (C=O) groups is 2. The molecule has 3 fully saturated rings. The first-order valence-corrected chi connectivity index (χ1v) is 9.60. The fourth-order valence-corrected chi connectivity index (χ4v) is 5.48. The van der Waals surface area contributed by atoms with E-state index in [0.717, 1.165) is 12.8 Å². The van der Waals surface area contributed by atoms with Gasteiger partial charge in [-0.2, -0.15) is 0 Å². The molecule has 6 heteroatoms. The van der Waals surface area contributed by atoms with Crippen molar-refractivity contribution in [2.75, 3.05) is 4.90 Å². The quantitative estimate of drug-likeness (QED) is 0.346. The van der Waals surface area contributed by atoms with E-state index in [9.17, 15) is 19.7 Å². The number of non-ortho nitro benzene ring substituents is 1. The highest BCUT2D eigenvalue weighted by Crippen LogP contribution is 2.58. The van der Waals surface area contributed by atoms with Gasteiger partial charge in [0, 0.05) is 24.0 Å². The molecule has 27 heavy (non-hydrogen) atoms. The first-order valence-electron chi connectivity index (χ1n) is 9.60. The number of allylic oxidation sites excluding steroid dienone is 4. The summed E-state index contributed by atoms with van der Waals surface area (Å²) in [6.45, 7) is 0. The van der Waals surface area contributed by atoms with Crippen LogP contribution in [-0.4, -0.2) is 16.7 Å². The number of rotatable bonds is 2. The maximum absolute atomic E-state index is 13.1. The number of hydrogen-bond donors (Lipinski definition) is 0. The van der Waals surface area contributed by atoms with Gasteiger partial charge in [0.15, 0.2) is 0 Å². The van der Waals surface area contributed by atoms with Gasteiger partial charge >= 0.3 is 0 Å². The van der Waals surface area contributed by atoms with Gasteiger partial charge in [0.05, 0.1) is 22.4 Å². The maximum Gasteiger partial charge on any atom is 0.269 e. The minimum atomic E-state index is -0.487. The average Bonchev–Trinajstić information content (AvgIpc) is 3.32. The van der Waals surface area contributed by atoms with Crippen molar-refractivity contribution in [3.05, 3.63) is 57.7 Å². The summed E-state index contributed by atoms with van der Waals surface area (Å²) < 4.78 is 0. The molecule has 3 aliphatic carbocycles. The van der Waals surface area contributed by atoms with E-state index in [-0.39, 0.29) is 41.2 Å². The predicted octanol–water partition coefficient (Wildman–Crippen LogP) is 3.78. The summed E-state index contributed by atoms with van der Waals surface area (Å²) in [5.41, 5.74) is 3.19. The highest BCUT2D eigenvalue weighted by atomic mass is 16.6. The molecule has 0 radical (unpaired) electrons. The fourth-order valence-electron chi connectivity index (χ4n) is 5.48. The Labute approximate surface area is 156 Å². The molecule has 2 bridgehead atoms. The molecular weight excluding hydrogens is 344 g/mol. The lowest BCUT2D eigenvalue weighted by atomic mass is 9.85. The summed E-state index contributed by atoms with van der Waals surface area (Å²) in [4.78, 5) is 37.9. The van der Waals surface area contributed by atoms with Crippen molar-refractivity contribution in [3.63, 3.8) is 0 Å². The Morgan fingerprint density at radius 2 is 1.44 bits per heavy atom. The van der Waals surface area contributed by atoms with E-state index >= 15 is 0 Å². The SMILES string of the molecule is O=C1[C@@H]2[C@H](C(=O)N1c1ccc([N+](=O)[O-])cc1)[C@@H]1C=C[C@@H]2C1=C1CCCCC1. The van der Waals surface area contributed by atoms with E-state index in [4.69, 9.17) is 0 Å². The molecule has 1 aliphatic heterocycles. The van der Waals surface area contributed by atoms with Crippen molar-refractivity contribution >= 4 is 23.2 Å². The molecular formula is C21H20N2O4. The van der Waals surface area contributed by atoms with E-state index in [1.165, 1.54) is 59.6 Å². The molecule has 0 spiro atoms. The molecule has 0 N–H and O–H groups in total. The summed E-state index contributed by atoms with van der Waals surface area (Å²) >= 11 is 0. The lowest BCUT2D eigenvalue weighted by Gasteiger charge is -2.23. The largest absolute Gasteiger partial charge is 0.274 e. The Morgan fingerprint density at radius 1 is 0.889 bits per heavy atom. The molecule has 2 amide bonds. The number of carbonyl (C=O) groups excluding carboxylic acids is 2. The Balaban J connectivity index is 1.48. The normalized spacial score (nSPS) is 31.8. The molecule has 1 saturated heterocycles. The van der Waals surface area contributed by atoms with Gasteiger partial charge in [0.1, 0.15) is 0 Å². The van der Waals surface area contributed by atoms with Gasteiger partial charge < -0.3 is 0 Å². The van der Waals surface area contributed by atoms with Gasteiger partial charge in [-0.3, -0.25) is 19.7 Å². The highest BCUT2D eigenvalue weighted by Gasteiger charge is 2.62. The van der Waals surface area contributed by atoms with Crippen LogP contribution in [0, 0.1) is 33.8 Å². The second-order valence-electron chi connectivity index (χ2n) is 7.89. The molecule has 1 aromatic carbocycles. The van der Waals surface area contributed by atoms with E-state index in [0.29, 0.717) is 5.69 Å². The maximum atomic E-state index is 13.1. The molecule has 1 aromatic rings. The van der Waals surface area contributed by atoms with Crippen LogP contribution < -0.4 is 4.90 Å². The van der Waals surface area contributed by atoms with Crippen molar-refractivity contribution in [3.8, 4) is 0 Å². The second-order valence-corrected chi connectivity index (χ2v) is 7.89. The zero-order chi connectivity index (χ0) is 18.7. The van der Waals surface area contributed by atoms with Gasteiger partial charge in [-0.1, -0.05) is 29.7 Å². The minimum absolute atomic E-state index is 0.0487. The third-order valence-corrected chi connectivity index (χ3v) is 6.60. The Kier molecular flexibility index (Phi) is 3.57. The van der Waals surface area contributed by atoms with Crippen LogP contribution in [-0.2, 0) is 9.59 Å². The number of nitro benzene ring substituents is 1. The van der Waals surface area contributed by atoms with E-state index in [2.05, 4.69) is 12.2 Å². The van der Waals surface area contributed by atoms with Gasteiger partial charge in [-0.05, 0) is 37.8 Å². The lowest BCUT2D eigenvalue weighted by molar-refractivity contribution is -0.384. The third kappa shape index (κ3) is 2.25. The van der Waals surface area contributed by atoms with Crippen molar-refractivity contribution < 1.29 is 14.5 Å². The zero-order valence-corrected chi connectivity index (χ0v) is 14.8. The molecule has 5 rings (SSSR count). The molecule has 6 nitrogen and oxygen atoms in total. The summed E-state index contributed by atoms with van der Waals surface area (Å²) in [5, 5.41) is 10.8. The van der Waals surface area contributed by atoms with Crippen LogP contribution in [0.2, 0.25) is 0 Å². The van der Waals surface area contributed by atoms with Gasteiger partial charge in [-0.25, -0.2) is 4.90 Å². The lowest BCUT2D eigenvalue weighted by Crippen LogP contribution is -2.33. The molecule has 0 aromatic heterocycles. The summed E-state index contributed by atoms with van der Waals surface area (Å²) in [6.07, 6.45) is 10.1. The predicted molar refractivity (Wildman–Crippen MR) is 98.8 cm³/mol. The molecule has 2 saturated carbocycles. The number of hydrogen-bond acceptors (Lipinski definition) is 4. The number of amides is 2. The number of nitrogens with zero attached hydrogens (tertiary/aromatic N) is 2. The van der Waals surface area contributed by atoms with Crippen LogP contribution in [0.3, 0.4) is 0 Å². The first kappa shape index (κ1) is 16.4. The molecule has 138 valence electrons. The summed E-state index contributed by atoms with van der Waals surface area (Å²) in [5.74, 6) is -0.853. The van der Waals surface area contributed by atoms with Crippen LogP contribution in [0.1, 0.15) is 32.1 Å². The smallest absolute Gasteiger partial charge is 0.269 e. The van der Waals surface area contributed by atoms with Crippen LogP contribution in [0.15, 0.2) is 47.6 Å². The highest BCUT2D eigenvalue weighted by molar-refractivity contribution is 6.23. The Hall–Kier alpha value is -2.76.